The van der Waals surface area contributed by atoms with Crippen molar-refractivity contribution in [3.63, 3.8) is 0 Å². The first-order valence-corrected chi connectivity index (χ1v) is 10.8. The number of carboxylic acids is 2. The highest BCUT2D eigenvalue weighted by atomic mass is 16.4. The molecule has 0 radical (unpaired) electrons. The van der Waals surface area contributed by atoms with Crippen molar-refractivity contribution >= 4 is 34.7 Å². The molecule has 0 bridgehead atoms. The lowest BCUT2D eigenvalue weighted by molar-refractivity contribution is -0.145. The van der Waals surface area contributed by atoms with Crippen LogP contribution in [0, 0.1) is 10.8 Å². The highest BCUT2D eigenvalue weighted by Gasteiger charge is 2.42. The molecule has 2 aromatic rings. The largest absolute Gasteiger partial charge is 0.481 e. The average Bonchev–Trinajstić information content (AvgIpc) is 2.79. The molecule has 6 heteroatoms. The first-order chi connectivity index (χ1) is 15.9. The van der Waals surface area contributed by atoms with Gasteiger partial charge in [0.05, 0.1) is 10.8 Å². The molecule has 0 spiro atoms. The quantitative estimate of drug-likeness (QED) is 0.665. The Morgan fingerprint density at radius 3 is 1.18 bits per heavy atom. The number of hydrogen-bond acceptors (Lipinski definition) is 4. The predicted molar refractivity (Wildman–Crippen MR) is 127 cm³/mol. The first-order valence-electron chi connectivity index (χ1n) is 10.8. The van der Waals surface area contributed by atoms with E-state index >= 15 is 0 Å². The van der Waals surface area contributed by atoms with Crippen molar-refractivity contribution in [1.82, 2.24) is 0 Å². The van der Waals surface area contributed by atoms with Crippen LogP contribution in [-0.2, 0) is 9.59 Å². The molecule has 0 aromatic heterocycles. The molecule has 0 unspecified atom stereocenters. The lowest BCUT2D eigenvalue weighted by atomic mass is 9.70. The molecule has 4 rings (SSSR count). The number of carboxylic acid groups (broad SMARTS) is 2. The lowest BCUT2D eigenvalue weighted by Gasteiger charge is -2.31. The first kappa shape index (κ1) is 23.1. The molecule has 0 heterocycles. The number of aliphatic carboxylic acids is 2. The monoisotopic (exact) mass is 456 g/mol. The van der Waals surface area contributed by atoms with Gasteiger partial charge in [0.25, 0.3) is 0 Å². The van der Waals surface area contributed by atoms with Gasteiger partial charge in [-0.25, -0.2) is 0 Å². The van der Waals surface area contributed by atoms with Crippen molar-refractivity contribution < 1.29 is 29.4 Å². The highest BCUT2D eigenvalue weighted by Crippen LogP contribution is 2.45. The summed E-state index contributed by atoms with van der Waals surface area (Å²) in [4.78, 5) is 50.7. The smallest absolute Gasteiger partial charge is 0.313 e. The van der Waals surface area contributed by atoms with Crippen LogP contribution in [0.15, 0.2) is 71.8 Å². The number of rotatable bonds is 4. The van der Waals surface area contributed by atoms with E-state index in [1.807, 2.05) is 0 Å². The summed E-state index contributed by atoms with van der Waals surface area (Å²) in [5, 5.41) is 19.7. The van der Waals surface area contributed by atoms with E-state index in [1.165, 1.54) is 27.7 Å². The van der Waals surface area contributed by atoms with Crippen molar-refractivity contribution in [2.75, 3.05) is 0 Å². The van der Waals surface area contributed by atoms with Crippen LogP contribution < -0.4 is 0 Å². The molecule has 2 N–H and O–H groups in total. The van der Waals surface area contributed by atoms with E-state index in [1.54, 1.807) is 60.7 Å². The molecule has 0 aliphatic heterocycles. The van der Waals surface area contributed by atoms with E-state index < -0.39 is 22.8 Å². The Bertz CT molecular complexity index is 1280. The molecule has 6 nitrogen and oxygen atoms in total. The van der Waals surface area contributed by atoms with Gasteiger partial charge in [-0.2, -0.15) is 0 Å². The fraction of sp³-hybridized carbons (Fsp3) is 0.214. The summed E-state index contributed by atoms with van der Waals surface area (Å²) in [6.07, 6.45) is 3.14. The normalized spacial score (nSPS) is 18.0. The maximum Gasteiger partial charge on any atom is 0.313 e. The lowest BCUT2D eigenvalue weighted by Crippen LogP contribution is -2.33. The summed E-state index contributed by atoms with van der Waals surface area (Å²) in [5.41, 5.74) is 0.348. The van der Waals surface area contributed by atoms with E-state index in [-0.39, 0.29) is 22.7 Å². The fourth-order valence-corrected chi connectivity index (χ4v) is 4.30. The van der Waals surface area contributed by atoms with Gasteiger partial charge in [-0.1, -0.05) is 48.5 Å². The average molecular weight is 456 g/mol. The molecule has 0 saturated heterocycles. The third-order valence-corrected chi connectivity index (χ3v) is 6.70. The SMILES string of the molecule is CC(C)(C(=O)O)C1=C/C(=C2/C=C(C(C)(C)C(=O)O)C(=O)c3ccccc32)c2ccccc2C1=O. The topological polar surface area (TPSA) is 109 Å². The Kier molecular flexibility index (Phi) is 5.28. The molecule has 0 fully saturated rings. The van der Waals surface area contributed by atoms with E-state index in [2.05, 4.69) is 0 Å². The highest BCUT2D eigenvalue weighted by molar-refractivity contribution is 6.25. The van der Waals surface area contributed by atoms with Crippen molar-refractivity contribution in [1.29, 1.82) is 0 Å². The predicted octanol–water partition coefficient (Wildman–Crippen LogP) is 5.06. The molecular formula is C28H24O6. The molecule has 0 saturated carbocycles. The fourth-order valence-electron chi connectivity index (χ4n) is 4.30. The van der Waals surface area contributed by atoms with Crippen LogP contribution in [0.2, 0.25) is 0 Å². The number of ketones is 2. The standard InChI is InChI=1S/C28H24O6/c1-27(2,25(31)32)21-13-19(15-9-5-7-11-17(15)23(21)29)20-14-22(28(3,4)26(33)34)24(30)18-12-8-6-10-16(18)20/h5-14H,1-4H3,(H,31,32)(H,33,34)/b20-19+. The molecule has 2 aromatic carbocycles. The summed E-state index contributed by atoms with van der Waals surface area (Å²) in [5.74, 6) is -3.03. The van der Waals surface area contributed by atoms with Gasteiger partial charge in [-0.05, 0) is 62.1 Å². The molecular weight excluding hydrogens is 432 g/mol. The van der Waals surface area contributed by atoms with E-state index in [0.717, 1.165) is 0 Å². The van der Waals surface area contributed by atoms with Gasteiger partial charge < -0.3 is 10.2 Å². The molecule has 0 atom stereocenters. The van der Waals surface area contributed by atoms with Crippen LogP contribution in [-0.4, -0.2) is 33.7 Å². The minimum absolute atomic E-state index is 0.114. The molecule has 2 aliphatic carbocycles. The number of allylic oxidation sites excluding steroid dienone is 4. The summed E-state index contributed by atoms with van der Waals surface area (Å²) in [6.45, 7) is 5.90. The Morgan fingerprint density at radius 1 is 0.588 bits per heavy atom. The van der Waals surface area contributed by atoms with Crippen LogP contribution >= 0.6 is 0 Å². The zero-order valence-corrected chi connectivity index (χ0v) is 19.3. The van der Waals surface area contributed by atoms with Gasteiger partial charge in [-0.3, -0.25) is 19.2 Å². The van der Waals surface area contributed by atoms with Gasteiger partial charge in [-0.15, -0.1) is 0 Å². The number of fused-ring (bicyclic) bond motifs is 2. The van der Waals surface area contributed by atoms with Gasteiger partial charge in [0.1, 0.15) is 0 Å². The van der Waals surface area contributed by atoms with Crippen LogP contribution in [0.5, 0.6) is 0 Å². The number of benzene rings is 2. The van der Waals surface area contributed by atoms with Crippen LogP contribution in [0.4, 0.5) is 0 Å². The summed E-state index contributed by atoms with van der Waals surface area (Å²) < 4.78 is 0. The van der Waals surface area contributed by atoms with Crippen LogP contribution in [0.25, 0.3) is 11.1 Å². The maximum absolute atomic E-state index is 13.3. The van der Waals surface area contributed by atoms with Crippen molar-refractivity contribution in [2.45, 2.75) is 27.7 Å². The summed E-state index contributed by atoms with van der Waals surface area (Å²) >= 11 is 0. The van der Waals surface area contributed by atoms with Crippen molar-refractivity contribution in [3.8, 4) is 0 Å². The van der Waals surface area contributed by atoms with Crippen LogP contribution in [0.3, 0.4) is 0 Å². The Morgan fingerprint density at radius 2 is 0.882 bits per heavy atom. The Hall–Kier alpha value is -4.06. The van der Waals surface area contributed by atoms with Gasteiger partial charge in [0, 0.05) is 22.3 Å². The molecule has 2 aliphatic rings. The summed E-state index contributed by atoms with van der Waals surface area (Å²) in [7, 11) is 0. The second-order valence-electron chi connectivity index (χ2n) is 9.55. The minimum Gasteiger partial charge on any atom is -0.481 e. The van der Waals surface area contributed by atoms with Gasteiger partial charge in [0.15, 0.2) is 11.6 Å². The zero-order chi connectivity index (χ0) is 25.0. The van der Waals surface area contributed by atoms with E-state index in [9.17, 15) is 29.4 Å². The van der Waals surface area contributed by atoms with E-state index in [4.69, 9.17) is 0 Å². The number of carbonyl (C=O) groups is 4. The Labute approximate surface area is 196 Å². The molecule has 0 amide bonds. The second-order valence-corrected chi connectivity index (χ2v) is 9.55. The summed E-state index contributed by atoms with van der Waals surface area (Å²) in [6, 6.07) is 13.8. The second kappa shape index (κ2) is 7.76. The number of hydrogen-bond donors (Lipinski definition) is 2. The molecule has 34 heavy (non-hydrogen) atoms. The number of Topliss-reactive ketones (excluding diaryl/α,β-unsaturated/α-hetero) is 2. The van der Waals surface area contributed by atoms with Crippen LogP contribution in [0.1, 0.15) is 59.5 Å². The zero-order valence-electron chi connectivity index (χ0n) is 19.3. The molecule has 172 valence electrons. The number of carbonyl (C=O) groups excluding carboxylic acids is 2. The minimum atomic E-state index is -1.46. The van der Waals surface area contributed by atoms with Gasteiger partial charge in [0.2, 0.25) is 0 Å². The Balaban J connectivity index is 2.15. The maximum atomic E-state index is 13.3. The van der Waals surface area contributed by atoms with E-state index in [0.29, 0.717) is 33.4 Å². The van der Waals surface area contributed by atoms with Gasteiger partial charge >= 0.3 is 11.9 Å². The van der Waals surface area contributed by atoms with Crippen molar-refractivity contribution in [3.05, 3.63) is 94.1 Å². The third-order valence-electron chi connectivity index (χ3n) is 6.70. The third kappa shape index (κ3) is 3.34. The van der Waals surface area contributed by atoms with Crippen molar-refractivity contribution in [2.24, 2.45) is 10.8 Å².